The van der Waals surface area contributed by atoms with Gasteiger partial charge >= 0.3 is 6.03 Å². The number of rotatable bonds is 3. The van der Waals surface area contributed by atoms with Gasteiger partial charge in [0.25, 0.3) is 5.91 Å². The van der Waals surface area contributed by atoms with Crippen LogP contribution in [0, 0.1) is 17.8 Å². The Morgan fingerprint density at radius 2 is 1.67 bits per heavy atom. The first kappa shape index (κ1) is 17.0. The van der Waals surface area contributed by atoms with E-state index in [4.69, 9.17) is 0 Å². The first-order valence-corrected chi connectivity index (χ1v) is 10.3. The summed E-state index contributed by atoms with van der Waals surface area (Å²) < 4.78 is 0. The molecule has 2 atom stereocenters. The third kappa shape index (κ3) is 3.20. The smallest absolute Gasteiger partial charge is 0.319 e. The maximum atomic E-state index is 12.5. The van der Waals surface area contributed by atoms with Gasteiger partial charge in [0, 0.05) is 43.0 Å². The molecule has 5 aliphatic rings. The van der Waals surface area contributed by atoms with Gasteiger partial charge in [-0.1, -0.05) is 0 Å². The zero-order chi connectivity index (χ0) is 18.4. The quantitative estimate of drug-likeness (QED) is 0.767. The molecule has 6 nitrogen and oxygen atoms in total. The largest absolute Gasteiger partial charge is 0.336 e. The zero-order valence-corrected chi connectivity index (χ0v) is 15.7. The molecule has 4 saturated carbocycles. The van der Waals surface area contributed by atoms with E-state index in [2.05, 4.69) is 16.0 Å². The van der Waals surface area contributed by atoms with Crippen LogP contribution in [0.4, 0.5) is 10.5 Å². The minimum atomic E-state index is -0.113. The highest BCUT2D eigenvalue weighted by molar-refractivity contribution is 5.95. The lowest BCUT2D eigenvalue weighted by atomic mass is 9.76. The van der Waals surface area contributed by atoms with E-state index in [1.807, 2.05) is 17.0 Å². The molecule has 1 aromatic carbocycles. The Labute approximate surface area is 160 Å². The van der Waals surface area contributed by atoms with Gasteiger partial charge in [0.1, 0.15) is 0 Å². The van der Waals surface area contributed by atoms with Crippen molar-refractivity contribution in [3.8, 4) is 0 Å². The molecule has 6 heteroatoms. The number of piperazine rings is 1. The molecule has 27 heavy (non-hydrogen) atoms. The van der Waals surface area contributed by atoms with Gasteiger partial charge in [-0.3, -0.25) is 4.79 Å². The van der Waals surface area contributed by atoms with Crippen LogP contribution >= 0.6 is 0 Å². The van der Waals surface area contributed by atoms with Gasteiger partial charge in [-0.05, 0) is 74.1 Å². The number of urea groups is 1. The van der Waals surface area contributed by atoms with Crippen LogP contribution in [0.2, 0.25) is 0 Å². The van der Waals surface area contributed by atoms with E-state index in [-0.39, 0.29) is 17.5 Å². The lowest BCUT2D eigenvalue weighted by Gasteiger charge is -2.39. The van der Waals surface area contributed by atoms with E-state index in [9.17, 15) is 9.59 Å². The third-order valence-electron chi connectivity index (χ3n) is 7.10. The molecule has 144 valence electrons. The fourth-order valence-corrected chi connectivity index (χ4v) is 6.11. The topological polar surface area (TPSA) is 73.5 Å². The molecule has 3 amide bonds. The minimum absolute atomic E-state index is 0.0266. The molecule has 0 aromatic heterocycles. The first-order valence-electron chi connectivity index (χ1n) is 10.3. The van der Waals surface area contributed by atoms with Crippen molar-refractivity contribution in [1.29, 1.82) is 0 Å². The van der Waals surface area contributed by atoms with Gasteiger partial charge in [-0.15, -0.1) is 0 Å². The van der Waals surface area contributed by atoms with Gasteiger partial charge < -0.3 is 20.9 Å². The van der Waals surface area contributed by atoms with Crippen molar-refractivity contribution < 1.29 is 9.59 Å². The van der Waals surface area contributed by atoms with Crippen molar-refractivity contribution in [3.05, 3.63) is 29.8 Å². The summed E-state index contributed by atoms with van der Waals surface area (Å²) in [4.78, 5) is 26.9. The highest BCUT2D eigenvalue weighted by Crippen LogP contribution is 2.59. The van der Waals surface area contributed by atoms with Crippen LogP contribution < -0.4 is 16.0 Å². The van der Waals surface area contributed by atoms with Crippen molar-refractivity contribution in [1.82, 2.24) is 15.5 Å². The predicted molar refractivity (Wildman–Crippen MR) is 104 cm³/mol. The second kappa shape index (κ2) is 6.51. The Kier molecular flexibility index (Phi) is 4.11. The summed E-state index contributed by atoms with van der Waals surface area (Å²) in [5.41, 5.74) is 1.43. The van der Waals surface area contributed by atoms with Crippen molar-refractivity contribution in [2.75, 3.05) is 31.5 Å². The van der Waals surface area contributed by atoms with Crippen LogP contribution in [0.3, 0.4) is 0 Å². The minimum Gasteiger partial charge on any atom is -0.336 e. The second-order valence-corrected chi connectivity index (χ2v) is 8.95. The number of nitrogens with zero attached hydrogens (tertiary/aromatic N) is 1. The van der Waals surface area contributed by atoms with Gasteiger partial charge in [0.15, 0.2) is 0 Å². The standard InChI is InChI=1S/C21H28N4O2/c26-19(25-7-5-22-6-8-25)15-1-3-18(4-2-15)23-20(27)24-21-11-14-9-16(12-21)17(10-14)13-21/h1-4,14,16-17,22H,5-13H2,(H2,23,24,27). The summed E-state index contributed by atoms with van der Waals surface area (Å²) >= 11 is 0. The van der Waals surface area contributed by atoms with Crippen LogP contribution in [-0.4, -0.2) is 48.6 Å². The maximum Gasteiger partial charge on any atom is 0.319 e. The molecule has 1 aliphatic heterocycles. The Bertz CT molecular complexity index is 722. The molecule has 1 heterocycles. The van der Waals surface area contributed by atoms with Gasteiger partial charge in [-0.2, -0.15) is 0 Å². The van der Waals surface area contributed by atoms with E-state index in [0.29, 0.717) is 5.56 Å². The van der Waals surface area contributed by atoms with Crippen molar-refractivity contribution in [2.45, 2.75) is 37.6 Å². The molecule has 2 unspecified atom stereocenters. The summed E-state index contributed by atoms with van der Waals surface area (Å²) in [6, 6.07) is 7.14. The maximum absolute atomic E-state index is 12.5. The van der Waals surface area contributed by atoms with Crippen molar-refractivity contribution >= 4 is 17.6 Å². The highest BCUT2D eigenvalue weighted by Gasteiger charge is 2.56. The number of carbonyl (C=O) groups excluding carboxylic acids is 2. The number of hydrogen-bond donors (Lipinski definition) is 3. The number of anilines is 1. The fourth-order valence-electron chi connectivity index (χ4n) is 6.11. The Balaban J connectivity index is 1.19. The number of amides is 3. The molecule has 6 rings (SSSR count). The molecule has 4 aliphatic carbocycles. The van der Waals surface area contributed by atoms with Crippen LogP contribution in [-0.2, 0) is 0 Å². The predicted octanol–water partition coefficient (Wildman–Crippen LogP) is 2.43. The summed E-state index contributed by atoms with van der Waals surface area (Å²) in [7, 11) is 0. The molecule has 1 saturated heterocycles. The highest BCUT2D eigenvalue weighted by atomic mass is 16.2. The van der Waals surface area contributed by atoms with Gasteiger partial charge in [0.05, 0.1) is 0 Å². The van der Waals surface area contributed by atoms with Crippen molar-refractivity contribution in [3.63, 3.8) is 0 Å². The average Bonchev–Trinajstić information content (AvgIpc) is 3.08. The molecular formula is C21H28N4O2. The van der Waals surface area contributed by atoms with Crippen LogP contribution in [0.1, 0.15) is 42.5 Å². The van der Waals surface area contributed by atoms with Gasteiger partial charge in [0.2, 0.25) is 0 Å². The second-order valence-electron chi connectivity index (χ2n) is 8.95. The number of nitrogens with one attached hydrogen (secondary N) is 3. The lowest BCUT2D eigenvalue weighted by Crippen LogP contribution is -2.51. The van der Waals surface area contributed by atoms with E-state index >= 15 is 0 Å². The Morgan fingerprint density at radius 1 is 1.00 bits per heavy atom. The summed E-state index contributed by atoms with van der Waals surface area (Å²) in [6.45, 7) is 3.17. The van der Waals surface area contributed by atoms with E-state index < -0.39 is 0 Å². The SMILES string of the molecule is O=C(Nc1ccc(C(=O)N2CCNCC2)cc1)NC12CC3CC(C1)C(C3)C2. The third-order valence-corrected chi connectivity index (χ3v) is 7.10. The average molecular weight is 368 g/mol. The number of hydrogen-bond acceptors (Lipinski definition) is 3. The van der Waals surface area contributed by atoms with Crippen LogP contribution in [0.15, 0.2) is 24.3 Å². The summed E-state index contributed by atoms with van der Waals surface area (Å²) in [5.74, 6) is 2.54. The molecule has 3 N–H and O–H groups in total. The van der Waals surface area contributed by atoms with E-state index in [0.717, 1.165) is 68.9 Å². The number of carbonyl (C=O) groups is 2. The summed E-state index contributed by atoms with van der Waals surface area (Å²) in [5, 5.41) is 9.50. The van der Waals surface area contributed by atoms with Gasteiger partial charge in [-0.25, -0.2) is 4.79 Å². The normalized spacial score (nSPS) is 33.9. The molecule has 1 aromatic rings. The molecule has 4 bridgehead atoms. The number of benzene rings is 1. The molecule has 0 spiro atoms. The fraction of sp³-hybridized carbons (Fsp3) is 0.619. The molecule has 0 radical (unpaired) electrons. The first-order chi connectivity index (χ1) is 13.1. The van der Waals surface area contributed by atoms with Crippen LogP contribution in [0.25, 0.3) is 0 Å². The lowest BCUT2D eigenvalue weighted by molar-refractivity contribution is 0.0736. The van der Waals surface area contributed by atoms with Crippen LogP contribution in [0.5, 0.6) is 0 Å². The van der Waals surface area contributed by atoms with E-state index in [1.54, 1.807) is 12.1 Å². The molecule has 5 fully saturated rings. The Hall–Kier alpha value is -2.08. The summed E-state index contributed by atoms with van der Waals surface area (Å²) in [6.07, 6.45) is 6.20. The molecular weight excluding hydrogens is 340 g/mol. The van der Waals surface area contributed by atoms with E-state index in [1.165, 1.54) is 12.8 Å². The Morgan fingerprint density at radius 3 is 2.30 bits per heavy atom. The van der Waals surface area contributed by atoms with Crippen molar-refractivity contribution in [2.24, 2.45) is 17.8 Å². The zero-order valence-electron chi connectivity index (χ0n) is 15.7. The monoisotopic (exact) mass is 368 g/mol.